The van der Waals surface area contributed by atoms with Crippen LogP contribution in [0.3, 0.4) is 0 Å². The fraction of sp³-hybridized carbons (Fsp3) is 0.538. The van der Waals surface area contributed by atoms with E-state index >= 15 is 0 Å². The highest BCUT2D eigenvalue weighted by molar-refractivity contribution is 9.10. The van der Waals surface area contributed by atoms with Crippen LogP contribution >= 0.6 is 15.9 Å². The second kappa shape index (κ2) is 5.26. The zero-order valence-corrected chi connectivity index (χ0v) is 13.5. The van der Waals surface area contributed by atoms with Crippen LogP contribution in [0.15, 0.2) is 21.5 Å². The summed E-state index contributed by atoms with van der Waals surface area (Å²) in [5, 5.41) is 0. The van der Waals surface area contributed by atoms with Gasteiger partial charge >= 0.3 is 0 Å². The van der Waals surface area contributed by atoms with Crippen LogP contribution in [0.25, 0.3) is 0 Å². The molecule has 2 fully saturated rings. The van der Waals surface area contributed by atoms with E-state index in [1.165, 1.54) is 4.31 Å². The largest absolute Gasteiger partial charge is 0.327 e. The topological polar surface area (TPSA) is 63.4 Å². The van der Waals surface area contributed by atoms with E-state index in [1.54, 1.807) is 0 Å². The van der Waals surface area contributed by atoms with E-state index in [4.69, 9.17) is 5.73 Å². The SMILES string of the molecule is NC1CCC2CN(S(=O)(=O)c3cc(Br)c(F)cc3F)CC12. The van der Waals surface area contributed by atoms with Gasteiger partial charge in [-0.3, -0.25) is 0 Å². The Hall–Kier alpha value is -0.570. The summed E-state index contributed by atoms with van der Waals surface area (Å²) in [4.78, 5) is -0.496. The summed E-state index contributed by atoms with van der Waals surface area (Å²) >= 11 is 2.89. The summed E-state index contributed by atoms with van der Waals surface area (Å²) in [6.07, 6.45) is 1.80. The van der Waals surface area contributed by atoms with E-state index in [0.717, 1.165) is 18.9 Å². The molecule has 21 heavy (non-hydrogen) atoms. The van der Waals surface area contributed by atoms with Gasteiger partial charge in [-0.25, -0.2) is 17.2 Å². The number of fused-ring (bicyclic) bond motifs is 1. The zero-order valence-electron chi connectivity index (χ0n) is 11.1. The predicted molar refractivity (Wildman–Crippen MR) is 77.0 cm³/mol. The number of benzene rings is 1. The second-order valence-electron chi connectivity index (χ2n) is 5.68. The Bertz CT molecular complexity index is 683. The number of hydrogen-bond donors (Lipinski definition) is 1. The Morgan fingerprint density at radius 2 is 1.90 bits per heavy atom. The van der Waals surface area contributed by atoms with Crippen molar-refractivity contribution in [3.8, 4) is 0 Å². The Morgan fingerprint density at radius 1 is 1.19 bits per heavy atom. The summed E-state index contributed by atoms with van der Waals surface area (Å²) in [5.41, 5.74) is 5.99. The van der Waals surface area contributed by atoms with Crippen molar-refractivity contribution in [3.05, 3.63) is 28.2 Å². The Balaban J connectivity index is 1.94. The fourth-order valence-corrected chi connectivity index (χ4v) is 5.41. The van der Waals surface area contributed by atoms with Gasteiger partial charge in [0.2, 0.25) is 10.0 Å². The molecular formula is C13H15BrF2N2O2S. The molecule has 3 unspecified atom stereocenters. The van der Waals surface area contributed by atoms with Gasteiger partial charge in [0.25, 0.3) is 0 Å². The van der Waals surface area contributed by atoms with Crippen LogP contribution in [0.1, 0.15) is 12.8 Å². The van der Waals surface area contributed by atoms with E-state index < -0.39 is 26.6 Å². The summed E-state index contributed by atoms with van der Waals surface area (Å²) in [6.45, 7) is 0.664. The van der Waals surface area contributed by atoms with Crippen molar-refractivity contribution in [3.63, 3.8) is 0 Å². The third kappa shape index (κ3) is 2.52. The van der Waals surface area contributed by atoms with Crippen LogP contribution in [-0.4, -0.2) is 31.9 Å². The first-order valence-electron chi connectivity index (χ1n) is 6.71. The van der Waals surface area contributed by atoms with Gasteiger partial charge in [-0.1, -0.05) is 0 Å². The zero-order chi connectivity index (χ0) is 15.4. The molecule has 1 aromatic rings. The molecule has 2 N–H and O–H groups in total. The molecule has 0 radical (unpaired) electrons. The van der Waals surface area contributed by atoms with E-state index in [-0.39, 0.29) is 22.4 Å². The summed E-state index contributed by atoms with van der Waals surface area (Å²) in [6, 6.07) is 1.56. The van der Waals surface area contributed by atoms with Crippen molar-refractivity contribution in [2.45, 2.75) is 23.8 Å². The maximum atomic E-state index is 13.9. The first kappa shape index (κ1) is 15.3. The van der Waals surface area contributed by atoms with Crippen LogP contribution in [-0.2, 0) is 10.0 Å². The average Bonchev–Trinajstić information content (AvgIpc) is 2.97. The molecular weight excluding hydrogens is 366 g/mol. The monoisotopic (exact) mass is 380 g/mol. The lowest BCUT2D eigenvalue weighted by Gasteiger charge is -2.19. The number of nitrogens with zero attached hydrogens (tertiary/aromatic N) is 1. The minimum Gasteiger partial charge on any atom is -0.327 e. The van der Waals surface area contributed by atoms with Crippen LogP contribution in [0, 0.1) is 23.5 Å². The number of sulfonamides is 1. The lowest BCUT2D eigenvalue weighted by atomic mass is 9.98. The smallest absolute Gasteiger partial charge is 0.246 e. The van der Waals surface area contributed by atoms with Gasteiger partial charge in [0.15, 0.2) is 0 Å². The van der Waals surface area contributed by atoms with Crippen LogP contribution in [0.5, 0.6) is 0 Å². The van der Waals surface area contributed by atoms with Gasteiger partial charge < -0.3 is 5.73 Å². The molecule has 8 heteroatoms. The molecule has 4 nitrogen and oxygen atoms in total. The van der Waals surface area contributed by atoms with Crippen LogP contribution in [0.4, 0.5) is 8.78 Å². The summed E-state index contributed by atoms with van der Waals surface area (Å²) in [7, 11) is -3.97. The Labute approximate surface area is 130 Å². The maximum Gasteiger partial charge on any atom is 0.246 e. The Morgan fingerprint density at radius 3 is 2.57 bits per heavy atom. The van der Waals surface area contributed by atoms with Crippen LogP contribution < -0.4 is 5.73 Å². The van der Waals surface area contributed by atoms with E-state index in [9.17, 15) is 17.2 Å². The quantitative estimate of drug-likeness (QED) is 0.798. The number of hydrogen-bond acceptors (Lipinski definition) is 3. The van der Waals surface area contributed by atoms with E-state index in [0.29, 0.717) is 19.2 Å². The third-order valence-corrected chi connectivity index (χ3v) is 6.93. The minimum atomic E-state index is -3.97. The minimum absolute atomic E-state index is 0.000000787. The lowest BCUT2D eigenvalue weighted by molar-refractivity contribution is 0.423. The second-order valence-corrected chi connectivity index (χ2v) is 8.44. The highest BCUT2D eigenvalue weighted by atomic mass is 79.9. The molecule has 0 spiro atoms. The van der Waals surface area contributed by atoms with Gasteiger partial charge in [0.05, 0.1) is 4.47 Å². The molecule has 0 amide bonds. The lowest BCUT2D eigenvalue weighted by Crippen LogP contribution is -2.34. The molecule has 0 aromatic heterocycles. The van der Waals surface area contributed by atoms with Gasteiger partial charge in [-0.05, 0) is 46.7 Å². The molecule has 1 aliphatic heterocycles. The van der Waals surface area contributed by atoms with Crippen molar-refractivity contribution in [1.82, 2.24) is 4.31 Å². The third-order valence-electron chi connectivity index (χ3n) is 4.47. The normalized spacial score (nSPS) is 29.8. The standard InChI is InChI=1S/C13H15BrF2N2O2S/c14-9-3-13(11(16)4-10(9)15)21(19,20)18-5-7-1-2-12(17)8(7)6-18/h3-4,7-8,12H,1-2,5-6,17H2. The Kier molecular flexibility index (Phi) is 3.84. The highest BCUT2D eigenvalue weighted by Gasteiger charge is 2.45. The molecule has 1 aromatic carbocycles. The van der Waals surface area contributed by atoms with Gasteiger partial charge in [0, 0.05) is 25.2 Å². The molecule has 1 saturated heterocycles. The van der Waals surface area contributed by atoms with Gasteiger partial charge in [0.1, 0.15) is 16.5 Å². The van der Waals surface area contributed by atoms with E-state index in [1.807, 2.05) is 0 Å². The van der Waals surface area contributed by atoms with Crippen molar-refractivity contribution in [2.24, 2.45) is 17.6 Å². The van der Waals surface area contributed by atoms with Crippen molar-refractivity contribution in [2.75, 3.05) is 13.1 Å². The molecule has 116 valence electrons. The molecule has 3 atom stereocenters. The maximum absolute atomic E-state index is 13.9. The molecule has 1 aliphatic carbocycles. The fourth-order valence-electron chi connectivity index (χ4n) is 3.30. The molecule has 3 rings (SSSR count). The highest BCUT2D eigenvalue weighted by Crippen LogP contribution is 2.39. The predicted octanol–water partition coefficient (Wildman–Crippen LogP) is 2.09. The van der Waals surface area contributed by atoms with Gasteiger partial charge in [-0.2, -0.15) is 4.31 Å². The number of nitrogens with two attached hydrogens (primary N) is 1. The first-order chi connectivity index (χ1) is 9.80. The average molecular weight is 381 g/mol. The molecule has 0 bridgehead atoms. The van der Waals surface area contributed by atoms with Gasteiger partial charge in [-0.15, -0.1) is 0 Å². The number of halogens is 3. The first-order valence-corrected chi connectivity index (χ1v) is 8.94. The molecule has 1 saturated carbocycles. The van der Waals surface area contributed by atoms with Crippen molar-refractivity contribution < 1.29 is 17.2 Å². The van der Waals surface area contributed by atoms with Crippen LogP contribution in [0.2, 0.25) is 0 Å². The summed E-state index contributed by atoms with van der Waals surface area (Å²) in [5.74, 6) is -1.53. The van der Waals surface area contributed by atoms with Crippen molar-refractivity contribution >= 4 is 26.0 Å². The summed E-state index contributed by atoms with van der Waals surface area (Å²) < 4.78 is 53.4. The molecule has 2 aliphatic rings. The van der Waals surface area contributed by atoms with Crippen molar-refractivity contribution in [1.29, 1.82) is 0 Å². The van der Waals surface area contributed by atoms with E-state index in [2.05, 4.69) is 15.9 Å². The number of rotatable bonds is 2. The molecule has 1 heterocycles.